The van der Waals surface area contributed by atoms with Crippen LogP contribution in [-0.2, 0) is 4.79 Å². The van der Waals surface area contributed by atoms with Gasteiger partial charge in [0.1, 0.15) is 0 Å². The summed E-state index contributed by atoms with van der Waals surface area (Å²) in [7, 11) is 0. The lowest BCUT2D eigenvalue weighted by molar-refractivity contribution is -0.141. The fourth-order valence-electron chi connectivity index (χ4n) is 2.32. The molecule has 0 heterocycles. The molecule has 0 radical (unpaired) electrons. The van der Waals surface area contributed by atoms with Gasteiger partial charge in [-0.15, -0.1) is 0 Å². The molecule has 0 aliphatic heterocycles. The summed E-state index contributed by atoms with van der Waals surface area (Å²) in [6.07, 6.45) is 1.67. The molecule has 1 aromatic rings. The maximum absolute atomic E-state index is 12.1. The van der Waals surface area contributed by atoms with Crippen LogP contribution in [0.25, 0.3) is 0 Å². The number of carbonyl (C=O) groups is 2. The van der Waals surface area contributed by atoms with Crippen molar-refractivity contribution in [3.63, 3.8) is 0 Å². The van der Waals surface area contributed by atoms with Crippen molar-refractivity contribution < 1.29 is 14.7 Å². The predicted octanol–water partition coefficient (Wildman–Crippen LogP) is 2.56. The first-order chi connectivity index (χ1) is 9.38. The molecule has 1 aromatic carbocycles. The zero-order valence-corrected chi connectivity index (χ0v) is 12.0. The average Bonchev–Trinajstić information content (AvgIpc) is 2.84. The number of carbonyl (C=O) groups excluding carboxylic acids is 1. The molecule has 2 atom stereocenters. The maximum Gasteiger partial charge on any atom is 0.306 e. The van der Waals surface area contributed by atoms with Crippen LogP contribution in [-0.4, -0.2) is 23.0 Å². The molecule has 5 nitrogen and oxygen atoms in total. The Morgan fingerprint density at radius 3 is 2.35 bits per heavy atom. The molecule has 1 aliphatic carbocycles. The van der Waals surface area contributed by atoms with Gasteiger partial charge in [-0.3, -0.25) is 9.59 Å². The number of aliphatic carboxylic acids is 1. The lowest BCUT2D eigenvalue weighted by Crippen LogP contribution is -2.33. The second kappa shape index (κ2) is 5.89. The highest BCUT2D eigenvalue weighted by Gasteiger charge is 2.30. The molecule has 0 unspecified atom stereocenters. The standard InChI is InChI=1S/C13H14Cl2N2O3/c14-9-4-7(5-10(15)11(9)16)12(18)17-8-2-1-6(3-8)13(19)20/h4-6,8H,1-3,16H2,(H,17,18)(H,19,20)/t6-,8+/m1/s1. The van der Waals surface area contributed by atoms with Crippen LogP contribution in [0.4, 0.5) is 5.69 Å². The maximum atomic E-state index is 12.1. The van der Waals surface area contributed by atoms with E-state index in [1.54, 1.807) is 0 Å². The van der Waals surface area contributed by atoms with Crippen LogP contribution in [0.15, 0.2) is 12.1 Å². The van der Waals surface area contributed by atoms with Gasteiger partial charge in [0.25, 0.3) is 5.91 Å². The average molecular weight is 317 g/mol. The number of anilines is 1. The first kappa shape index (κ1) is 14.9. The van der Waals surface area contributed by atoms with Gasteiger partial charge in [-0.25, -0.2) is 0 Å². The summed E-state index contributed by atoms with van der Waals surface area (Å²) in [6, 6.07) is 2.75. The molecule has 0 saturated heterocycles. The zero-order valence-electron chi connectivity index (χ0n) is 10.5. The van der Waals surface area contributed by atoms with Crippen molar-refractivity contribution in [1.82, 2.24) is 5.32 Å². The normalized spacial score (nSPS) is 21.7. The number of amides is 1. The van der Waals surface area contributed by atoms with Gasteiger partial charge in [0, 0.05) is 11.6 Å². The Hall–Kier alpha value is -1.46. The number of benzene rings is 1. The van der Waals surface area contributed by atoms with E-state index in [4.69, 9.17) is 34.0 Å². The van der Waals surface area contributed by atoms with Crippen LogP contribution in [0.1, 0.15) is 29.6 Å². The molecule has 7 heteroatoms. The summed E-state index contributed by atoms with van der Waals surface area (Å²) in [5.41, 5.74) is 6.15. The summed E-state index contributed by atoms with van der Waals surface area (Å²) in [6.45, 7) is 0. The monoisotopic (exact) mass is 316 g/mol. The third-order valence-corrected chi connectivity index (χ3v) is 4.08. The van der Waals surface area contributed by atoms with E-state index in [9.17, 15) is 9.59 Å². The van der Waals surface area contributed by atoms with Crippen molar-refractivity contribution in [3.05, 3.63) is 27.7 Å². The fraction of sp³-hybridized carbons (Fsp3) is 0.385. The molecule has 108 valence electrons. The second-order valence-corrected chi connectivity index (χ2v) is 5.69. The molecule has 1 aliphatic rings. The van der Waals surface area contributed by atoms with Crippen LogP contribution in [0.2, 0.25) is 10.0 Å². The number of hydrogen-bond acceptors (Lipinski definition) is 3. The highest BCUT2D eigenvalue weighted by atomic mass is 35.5. The van der Waals surface area contributed by atoms with Crippen LogP contribution in [0.5, 0.6) is 0 Å². The Balaban J connectivity index is 2.04. The third kappa shape index (κ3) is 3.16. The van der Waals surface area contributed by atoms with Crippen LogP contribution < -0.4 is 11.1 Å². The first-order valence-corrected chi connectivity index (χ1v) is 6.92. The first-order valence-electron chi connectivity index (χ1n) is 6.16. The molecule has 1 fully saturated rings. The summed E-state index contributed by atoms with van der Waals surface area (Å²) in [5, 5.41) is 12.2. The number of rotatable bonds is 3. The lowest BCUT2D eigenvalue weighted by atomic mass is 10.1. The summed E-state index contributed by atoms with van der Waals surface area (Å²) in [4.78, 5) is 22.9. The molecule has 0 aromatic heterocycles. The number of hydrogen-bond donors (Lipinski definition) is 3. The smallest absolute Gasteiger partial charge is 0.306 e. The van der Waals surface area contributed by atoms with Gasteiger partial charge < -0.3 is 16.2 Å². The second-order valence-electron chi connectivity index (χ2n) is 4.87. The van der Waals surface area contributed by atoms with E-state index < -0.39 is 5.97 Å². The SMILES string of the molecule is Nc1c(Cl)cc(C(=O)N[C@H]2CC[C@@H](C(=O)O)C2)cc1Cl. The summed E-state index contributed by atoms with van der Waals surface area (Å²) < 4.78 is 0. The number of nitrogens with one attached hydrogen (secondary N) is 1. The lowest BCUT2D eigenvalue weighted by Gasteiger charge is -2.13. The minimum Gasteiger partial charge on any atom is -0.481 e. The van der Waals surface area contributed by atoms with Gasteiger partial charge in [0.05, 0.1) is 21.7 Å². The van der Waals surface area contributed by atoms with Gasteiger partial charge >= 0.3 is 5.97 Å². The molecular weight excluding hydrogens is 303 g/mol. The number of carboxylic acids is 1. The quantitative estimate of drug-likeness (QED) is 0.747. The van der Waals surface area contributed by atoms with Gasteiger partial charge in [-0.2, -0.15) is 0 Å². The molecule has 1 amide bonds. The Morgan fingerprint density at radius 2 is 1.85 bits per heavy atom. The van der Waals surface area contributed by atoms with Crippen LogP contribution in [0, 0.1) is 5.92 Å². The van der Waals surface area contributed by atoms with Gasteiger partial charge in [-0.05, 0) is 31.4 Å². The minimum atomic E-state index is -0.819. The van der Waals surface area contributed by atoms with Crippen molar-refractivity contribution in [1.29, 1.82) is 0 Å². The highest BCUT2D eigenvalue weighted by molar-refractivity contribution is 6.39. The Kier molecular flexibility index (Phi) is 4.40. The number of carboxylic acid groups (broad SMARTS) is 1. The summed E-state index contributed by atoms with van der Waals surface area (Å²) >= 11 is 11.8. The van der Waals surface area contributed by atoms with E-state index in [0.29, 0.717) is 24.8 Å². The highest BCUT2D eigenvalue weighted by Crippen LogP contribution is 2.30. The molecule has 0 bridgehead atoms. The van der Waals surface area contributed by atoms with Gasteiger partial charge in [0.15, 0.2) is 0 Å². The third-order valence-electron chi connectivity index (χ3n) is 3.46. The largest absolute Gasteiger partial charge is 0.481 e. The van der Waals surface area contributed by atoms with Crippen molar-refractivity contribution in [2.45, 2.75) is 25.3 Å². The van der Waals surface area contributed by atoms with Gasteiger partial charge in [0.2, 0.25) is 0 Å². The van der Waals surface area contributed by atoms with Crippen molar-refractivity contribution in [2.24, 2.45) is 5.92 Å². The van der Waals surface area contributed by atoms with Crippen LogP contribution >= 0.6 is 23.2 Å². The topological polar surface area (TPSA) is 92.4 Å². The molecule has 1 saturated carbocycles. The van der Waals surface area contributed by atoms with Crippen molar-refractivity contribution in [2.75, 3.05) is 5.73 Å². The predicted molar refractivity (Wildman–Crippen MR) is 77.1 cm³/mol. The van der Waals surface area contributed by atoms with E-state index in [2.05, 4.69) is 5.32 Å². The van der Waals surface area contributed by atoms with E-state index in [0.717, 1.165) is 0 Å². The molecule has 0 spiro atoms. The Morgan fingerprint density at radius 1 is 1.25 bits per heavy atom. The fourth-order valence-corrected chi connectivity index (χ4v) is 2.81. The van der Waals surface area contributed by atoms with E-state index in [1.165, 1.54) is 12.1 Å². The van der Waals surface area contributed by atoms with E-state index in [1.807, 2.05) is 0 Å². The van der Waals surface area contributed by atoms with Crippen molar-refractivity contribution in [3.8, 4) is 0 Å². The molecule has 4 N–H and O–H groups in total. The molecule has 2 rings (SSSR count). The minimum absolute atomic E-state index is 0.140. The molecular formula is C13H14Cl2N2O3. The Labute approximate surface area is 126 Å². The molecule has 20 heavy (non-hydrogen) atoms. The summed E-state index contributed by atoms with van der Waals surface area (Å²) in [5.74, 6) is -1.54. The van der Waals surface area contributed by atoms with E-state index in [-0.39, 0.29) is 33.6 Å². The zero-order chi connectivity index (χ0) is 14.9. The Bertz CT molecular complexity index is 540. The number of halogens is 2. The number of nitrogen functional groups attached to an aromatic ring is 1. The van der Waals surface area contributed by atoms with Gasteiger partial charge in [-0.1, -0.05) is 23.2 Å². The number of nitrogens with two attached hydrogens (primary N) is 1. The van der Waals surface area contributed by atoms with Crippen molar-refractivity contribution >= 4 is 40.8 Å². The van der Waals surface area contributed by atoms with Crippen LogP contribution in [0.3, 0.4) is 0 Å². The van der Waals surface area contributed by atoms with E-state index >= 15 is 0 Å².